The van der Waals surface area contributed by atoms with Crippen molar-refractivity contribution in [3.63, 3.8) is 0 Å². The molecule has 0 heterocycles. The molecular weight excluding hydrogens is 254 g/mol. The van der Waals surface area contributed by atoms with Gasteiger partial charge in [-0.2, -0.15) is 8.78 Å². The molecule has 0 bridgehead atoms. The summed E-state index contributed by atoms with van der Waals surface area (Å²) in [6.07, 6.45) is 2.84. The Morgan fingerprint density at radius 3 is 2.42 bits per heavy atom. The van der Waals surface area contributed by atoms with Crippen LogP contribution in [-0.4, -0.2) is 53.6 Å². The fourth-order valence-corrected chi connectivity index (χ4v) is 2.87. The molecule has 2 unspecified atom stereocenters. The number of aliphatic hydroxyl groups is 1. The highest BCUT2D eigenvalue weighted by molar-refractivity contribution is 5.85. The molecule has 2 saturated carbocycles. The Morgan fingerprint density at radius 1 is 1.37 bits per heavy atom. The number of rotatable bonds is 4. The molecule has 6 heteroatoms. The van der Waals surface area contributed by atoms with Crippen LogP contribution in [0.3, 0.4) is 0 Å². The van der Waals surface area contributed by atoms with Crippen LogP contribution in [0.2, 0.25) is 0 Å². The van der Waals surface area contributed by atoms with Crippen molar-refractivity contribution in [3.8, 4) is 0 Å². The molecule has 2 rings (SSSR count). The van der Waals surface area contributed by atoms with Crippen molar-refractivity contribution in [2.45, 2.75) is 62.1 Å². The fourth-order valence-electron chi connectivity index (χ4n) is 2.87. The highest BCUT2D eigenvalue weighted by Gasteiger charge is 2.61. The van der Waals surface area contributed by atoms with Crippen molar-refractivity contribution >= 4 is 5.91 Å². The van der Waals surface area contributed by atoms with Crippen LogP contribution in [0.4, 0.5) is 8.78 Å². The first-order valence-electron chi connectivity index (χ1n) is 6.84. The first kappa shape index (κ1) is 14.7. The van der Waals surface area contributed by atoms with E-state index in [1.807, 2.05) is 19.0 Å². The third-order valence-corrected chi connectivity index (χ3v) is 4.52. The monoisotopic (exact) mass is 276 g/mol. The molecule has 2 aliphatic carbocycles. The summed E-state index contributed by atoms with van der Waals surface area (Å²) in [5, 5.41) is 12.1. The third kappa shape index (κ3) is 2.60. The van der Waals surface area contributed by atoms with E-state index < -0.39 is 17.4 Å². The van der Waals surface area contributed by atoms with Crippen LogP contribution in [-0.2, 0) is 4.79 Å². The molecule has 0 saturated heterocycles. The lowest BCUT2D eigenvalue weighted by molar-refractivity contribution is -0.216. The van der Waals surface area contributed by atoms with E-state index in [1.54, 1.807) is 0 Å². The number of alkyl halides is 2. The molecule has 0 radical (unpaired) electrons. The fraction of sp³-hybridized carbons (Fsp3) is 0.923. The molecule has 2 atom stereocenters. The number of nitrogens with one attached hydrogen (secondary N) is 1. The quantitative estimate of drug-likeness (QED) is 0.809. The zero-order chi connectivity index (χ0) is 14.3. The van der Waals surface area contributed by atoms with Gasteiger partial charge in [-0.25, -0.2) is 0 Å². The second-order valence-corrected chi connectivity index (χ2v) is 6.06. The number of halogens is 2. The van der Waals surface area contributed by atoms with Gasteiger partial charge in [-0.05, 0) is 52.6 Å². The van der Waals surface area contributed by atoms with Crippen molar-refractivity contribution in [2.24, 2.45) is 0 Å². The van der Waals surface area contributed by atoms with Crippen LogP contribution >= 0.6 is 0 Å². The molecule has 2 fully saturated rings. The van der Waals surface area contributed by atoms with Crippen molar-refractivity contribution in [2.75, 3.05) is 14.1 Å². The number of hydrogen-bond acceptors (Lipinski definition) is 3. The Bertz CT molecular complexity index is 357. The van der Waals surface area contributed by atoms with Crippen LogP contribution < -0.4 is 5.32 Å². The number of amides is 1. The molecule has 0 aromatic heterocycles. The van der Waals surface area contributed by atoms with E-state index in [4.69, 9.17) is 0 Å². The largest absolute Gasteiger partial charge is 0.383 e. The van der Waals surface area contributed by atoms with Crippen LogP contribution in [0, 0.1) is 0 Å². The van der Waals surface area contributed by atoms with Crippen molar-refractivity contribution in [1.29, 1.82) is 0 Å². The maximum atomic E-state index is 13.9. The summed E-state index contributed by atoms with van der Waals surface area (Å²) in [4.78, 5) is 13.7. The first-order valence-corrected chi connectivity index (χ1v) is 6.84. The minimum Gasteiger partial charge on any atom is -0.383 e. The number of carbonyl (C=O) groups excluding carboxylic acids is 1. The molecule has 0 aromatic carbocycles. The van der Waals surface area contributed by atoms with Gasteiger partial charge in [-0.15, -0.1) is 0 Å². The van der Waals surface area contributed by atoms with Gasteiger partial charge in [-0.1, -0.05) is 0 Å². The standard InChI is InChI=1S/C13H22F2N2O2/c1-17(2)10-5-4-9(8-10)16-11(18)13(14,15)12(19)6-3-7-12/h9-10,19H,3-8H2,1-2H3,(H,16,18). The van der Waals surface area contributed by atoms with Gasteiger partial charge in [0.1, 0.15) is 5.60 Å². The van der Waals surface area contributed by atoms with Gasteiger partial charge in [0.25, 0.3) is 5.91 Å². The Balaban J connectivity index is 1.91. The summed E-state index contributed by atoms with van der Waals surface area (Å²) < 4.78 is 27.8. The van der Waals surface area contributed by atoms with Gasteiger partial charge in [0.2, 0.25) is 0 Å². The predicted octanol–water partition coefficient (Wildman–Crippen LogP) is 1.14. The van der Waals surface area contributed by atoms with Gasteiger partial charge >= 0.3 is 5.92 Å². The van der Waals surface area contributed by atoms with E-state index in [-0.39, 0.29) is 18.9 Å². The Kier molecular flexibility index (Phi) is 3.84. The third-order valence-electron chi connectivity index (χ3n) is 4.52. The summed E-state index contributed by atoms with van der Waals surface area (Å²) in [5.41, 5.74) is -2.13. The van der Waals surface area contributed by atoms with E-state index in [0.717, 1.165) is 6.42 Å². The lowest BCUT2D eigenvalue weighted by Gasteiger charge is -2.41. The Morgan fingerprint density at radius 2 is 2.00 bits per heavy atom. The highest BCUT2D eigenvalue weighted by Crippen LogP contribution is 2.44. The van der Waals surface area contributed by atoms with Crippen LogP contribution in [0.1, 0.15) is 38.5 Å². The van der Waals surface area contributed by atoms with E-state index in [0.29, 0.717) is 25.3 Å². The Labute approximate surface area is 112 Å². The second kappa shape index (κ2) is 4.98. The zero-order valence-electron chi connectivity index (χ0n) is 11.5. The average Bonchev–Trinajstić information content (AvgIpc) is 2.74. The van der Waals surface area contributed by atoms with Gasteiger partial charge < -0.3 is 15.3 Å². The van der Waals surface area contributed by atoms with Gasteiger partial charge in [0.15, 0.2) is 0 Å². The molecule has 1 amide bonds. The van der Waals surface area contributed by atoms with E-state index >= 15 is 0 Å². The summed E-state index contributed by atoms with van der Waals surface area (Å²) in [6, 6.07) is 0.111. The SMILES string of the molecule is CN(C)C1CCC(NC(=O)C(F)(F)C2(O)CCC2)C1. The molecule has 2 aliphatic rings. The van der Waals surface area contributed by atoms with Crippen LogP contribution in [0.25, 0.3) is 0 Å². The van der Waals surface area contributed by atoms with Gasteiger partial charge in [0.05, 0.1) is 0 Å². The maximum Gasteiger partial charge on any atom is 0.352 e. The summed E-state index contributed by atoms with van der Waals surface area (Å²) in [6.45, 7) is 0. The molecule has 2 N–H and O–H groups in total. The number of carbonyl (C=O) groups is 1. The van der Waals surface area contributed by atoms with Crippen molar-refractivity contribution in [1.82, 2.24) is 10.2 Å². The maximum absolute atomic E-state index is 13.9. The van der Waals surface area contributed by atoms with E-state index in [1.165, 1.54) is 0 Å². The molecular formula is C13H22F2N2O2. The topological polar surface area (TPSA) is 52.6 Å². The van der Waals surface area contributed by atoms with E-state index in [9.17, 15) is 18.7 Å². The van der Waals surface area contributed by atoms with Crippen molar-refractivity contribution in [3.05, 3.63) is 0 Å². The minimum atomic E-state index is -3.68. The second-order valence-electron chi connectivity index (χ2n) is 6.06. The predicted molar refractivity (Wildman–Crippen MR) is 67.0 cm³/mol. The smallest absolute Gasteiger partial charge is 0.352 e. The first-order chi connectivity index (χ1) is 8.76. The molecule has 0 spiro atoms. The summed E-state index contributed by atoms with van der Waals surface area (Å²) >= 11 is 0. The molecule has 19 heavy (non-hydrogen) atoms. The molecule has 0 aliphatic heterocycles. The zero-order valence-corrected chi connectivity index (χ0v) is 11.5. The highest BCUT2D eigenvalue weighted by atomic mass is 19.3. The number of nitrogens with zero attached hydrogens (tertiary/aromatic N) is 1. The Hall–Kier alpha value is -0.750. The molecule has 4 nitrogen and oxygen atoms in total. The van der Waals surface area contributed by atoms with Gasteiger partial charge in [0, 0.05) is 12.1 Å². The van der Waals surface area contributed by atoms with Crippen LogP contribution in [0.15, 0.2) is 0 Å². The lowest BCUT2D eigenvalue weighted by Crippen LogP contribution is -2.61. The number of hydrogen-bond donors (Lipinski definition) is 2. The lowest BCUT2D eigenvalue weighted by atomic mass is 9.75. The molecule has 110 valence electrons. The van der Waals surface area contributed by atoms with Crippen LogP contribution in [0.5, 0.6) is 0 Å². The minimum absolute atomic E-state index is 0.00158. The summed E-state index contributed by atoms with van der Waals surface area (Å²) in [5.74, 6) is -5.00. The average molecular weight is 276 g/mol. The van der Waals surface area contributed by atoms with E-state index in [2.05, 4.69) is 5.32 Å². The van der Waals surface area contributed by atoms with Crippen molar-refractivity contribution < 1.29 is 18.7 Å². The summed E-state index contributed by atoms with van der Waals surface area (Å²) in [7, 11) is 3.89. The molecule has 0 aromatic rings. The van der Waals surface area contributed by atoms with Gasteiger partial charge in [-0.3, -0.25) is 4.79 Å². The normalized spacial score (nSPS) is 30.2.